The lowest BCUT2D eigenvalue weighted by Crippen LogP contribution is -2.40. The van der Waals surface area contributed by atoms with Crippen LogP contribution in [-0.4, -0.2) is 48.0 Å². The van der Waals surface area contributed by atoms with E-state index in [9.17, 15) is 4.79 Å². The lowest BCUT2D eigenvalue weighted by molar-refractivity contribution is -0.133. The molecule has 0 bridgehead atoms. The van der Waals surface area contributed by atoms with Crippen LogP contribution in [0.25, 0.3) is 0 Å². The zero-order valence-electron chi connectivity index (χ0n) is 10.9. The van der Waals surface area contributed by atoms with Crippen molar-refractivity contribution >= 4 is 35.1 Å². The summed E-state index contributed by atoms with van der Waals surface area (Å²) < 4.78 is 0. The maximum atomic E-state index is 11.9. The molecule has 1 fully saturated rings. The molecule has 2 heterocycles. The summed E-state index contributed by atoms with van der Waals surface area (Å²) in [6.45, 7) is 1.50. The van der Waals surface area contributed by atoms with Gasteiger partial charge >= 0.3 is 0 Å². The van der Waals surface area contributed by atoms with E-state index in [1.165, 1.54) is 6.20 Å². The first-order chi connectivity index (χ1) is 8.99. The molecular weight excluding hydrogens is 287 g/mol. The summed E-state index contributed by atoms with van der Waals surface area (Å²) in [5.41, 5.74) is 0. The Morgan fingerprint density at radius 1 is 1.37 bits per heavy atom. The van der Waals surface area contributed by atoms with E-state index < -0.39 is 0 Å². The molecule has 1 saturated heterocycles. The Kier molecular flexibility index (Phi) is 4.47. The fourth-order valence-electron chi connectivity index (χ4n) is 2.18. The highest BCUT2D eigenvalue weighted by molar-refractivity contribution is 6.41. The first-order valence-corrected chi connectivity index (χ1v) is 6.88. The fourth-order valence-corrected chi connectivity index (χ4v) is 2.40. The lowest BCUT2D eigenvalue weighted by Gasteiger charge is -2.32. The molecule has 5 nitrogen and oxygen atoms in total. The molecule has 0 atom stereocenters. The van der Waals surface area contributed by atoms with Gasteiger partial charge in [0.2, 0.25) is 11.9 Å². The Balaban J connectivity index is 2.00. The first kappa shape index (κ1) is 14.3. The van der Waals surface area contributed by atoms with Crippen LogP contribution < -0.4 is 4.90 Å². The van der Waals surface area contributed by atoms with Crippen molar-refractivity contribution in [1.82, 2.24) is 14.9 Å². The van der Waals surface area contributed by atoms with Gasteiger partial charge in [0.15, 0.2) is 5.15 Å². The molecule has 0 radical (unpaired) electrons. The van der Waals surface area contributed by atoms with Crippen LogP contribution in [0.2, 0.25) is 10.2 Å². The molecule has 104 valence electrons. The van der Waals surface area contributed by atoms with Crippen LogP contribution in [0.3, 0.4) is 0 Å². The minimum Gasteiger partial charge on any atom is -0.349 e. The van der Waals surface area contributed by atoms with E-state index in [1.54, 1.807) is 19.0 Å². The van der Waals surface area contributed by atoms with Crippen molar-refractivity contribution in [2.45, 2.75) is 12.8 Å². The van der Waals surface area contributed by atoms with Crippen LogP contribution in [0.4, 0.5) is 5.95 Å². The minimum atomic E-state index is 0.0917. The van der Waals surface area contributed by atoms with Crippen molar-refractivity contribution < 1.29 is 4.79 Å². The largest absolute Gasteiger partial charge is 0.349 e. The zero-order valence-corrected chi connectivity index (χ0v) is 12.4. The highest BCUT2D eigenvalue weighted by Gasteiger charge is 2.27. The third kappa shape index (κ3) is 3.28. The maximum Gasteiger partial charge on any atom is 0.226 e. The third-order valence-electron chi connectivity index (χ3n) is 3.26. The monoisotopic (exact) mass is 302 g/mol. The number of rotatable bonds is 2. The lowest BCUT2D eigenvalue weighted by atomic mass is 9.96. The van der Waals surface area contributed by atoms with Crippen LogP contribution >= 0.6 is 23.2 Å². The van der Waals surface area contributed by atoms with Crippen molar-refractivity contribution in [3.63, 3.8) is 0 Å². The SMILES string of the molecule is CN(C)C(=O)C1CCN(c2ncc(Cl)c(Cl)n2)CC1. The van der Waals surface area contributed by atoms with Crippen molar-refractivity contribution in [2.75, 3.05) is 32.1 Å². The smallest absolute Gasteiger partial charge is 0.226 e. The molecule has 0 aliphatic carbocycles. The summed E-state index contributed by atoms with van der Waals surface area (Å²) in [4.78, 5) is 23.9. The van der Waals surface area contributed by atoms with E-state index in [0.717, 1.165) is 25.9 Å². The van der Waals surface area contributed by atoms with Crippen LogP contribution in [0.15, 0.2) is 6.20 Å². The van der Waals surface area contributed by atoms with E-state index in [4.69, 9.17) is 23.2 Å². The number of piperidine rings is 1. The predicted octanol–water partition coefficient (Wildman–Crippen LogP) is 2.09. The van der Waals surface area contributed by atoms with Crippen LogP contribution in [0.1, 0.15) is 12.8 Å². The van der Waals surface area contributed by atoms with Crippen molar-refractivity contribution in [1.29, 1.82) is 0 Å². The van der Waals surface area contributed by atoms with Gasteiger partial charge in [0.05, 0.1) is 11.2 Å². The van der Waals surface area contributed by atoms with Gasteiger partial charge in [-0.3, -0.25) is 4.79 Å². The topological polar surface area (TPSA) is 49.3 Å². The zero-order chi connectivity index (χ0) is 14.0. The molecule has 1 amide bonds. The number of carbonyl (C=O) groups is 1. The van der Waals surface area contributed by atoms with Crippen molar-refractivity contribution in [3.8, 4) is 0 Å². The number of anilines is 1. The molecule has 0 aromatic carbocycles. The standard InChI is InChI=1S/C12H16Cl2N4O/c1-17(2)11(19)8-3-5-18(6-4-8)12-15-7-9(13)10(14)16-12/h7-8H,3-6H2,1-2H3. The molecule has 1 aromatic heterocycles. The molecule has 1 aliphatic rings. The van der Waals surface area contributed by atoms with Gasteiger partial charge in [0.25, 0.3) is 0 Å². The average molecular weight is 303 g/mol. The number of hydrogen-bond acceptors (Lipinski definition) is 4. The quantitative estimate of drug-likeness (QED) is 0.785. The molecule has 0 N–H and O–H groups in total. The van der Waals surface area contributed by atoms with E-state index in [2.05, 4.69) is 9.97 Å². The summed E-state index contributed by atoms with van der Waals surface area (Å²) in [7, 11) is 3.58. The van der Waals surface area contributed by atoms with E-state index >= 15 is 0 Å². The molecule has 0 saturated carbocycles. The first-order valence-electron chi connectivity index (χ1n) is 6.13. The van der Waals surface area contributed by atoms with E-state index in [0.29, 0.717) is 11.0 Å². The summed E-state index contributed by atoms with van der Waals surface area (Å²) in [5, 5.41) is 0.612. The molecule has 7 heteroatoms. The Bertz CT molecular complexity index is 473. The second-order valence-electron chi connectivity index (χ2n) is 4.80. The molecule has 1 aromatic rings. The summed E-state index contributed by atoms with van der Waals surface area (Å²) >= 11 is 11.7. The molecule has 19 heavy (non-hydrogen) atoms. The van der Waals surface area contributed by atoms with Crippen LogP contribution in [0, 0.1) is 5.92 Å². The number of hydrogen-bond donors (Lipinski definition) is 0. The van der Waals surface area contributed by atoms with Crippen LogP contribution in [0.5, 0.6) is 0 Å². The minimum absolute atomic E-state index is 0.0917. The van der Waals surface area contributed by atoms with Gasteiger partial charge in [-0.1, -0.05) is 23.2 Å². The highest BCUT2D eigenvalue weighted by atomic mass is 35.5. The second kappa shape index (κ2) is 5.92. The number of nitrogens with zero attached hydrogens (tertiary/aromatic N) is 4. The summed E-state index contributed by atoms with van der Waals surface area (Å²) in [6, 6.07) is 0. The van der Waals surface area contributed by atoms with Gasteiger partial charge in [0.1, 0.15) is 0 Å². The number of aromatic nitrogens is 2. The molecule has 0 unspecified atom stereocenters. The third-order valence-corrected chi connectivity index (χ3v) is 3.92. The van der Waals surface area contributed by atoms with Gasteiger partial charge in [0, 0.05) is 33.1 Å². The fraction of sp³-hybridized carbons (Fsp3) is 0.583. The molecule has 1 aliphatic heterocycles. The molecular formula is C12H16Cl2N4O. The second-order valence-corrected chi connectivity index (χ2v) is 5.57. The van der Waals surface area contributed by atoms with E-state index in [-0.39, 0.29) is 17.0 Å². The normalized spacial score (nSPS) is 16.5. The average Bonchev–Trinajstić information content (AvgIpc) is 2.41. The summed E-state index contributed by atoms with van der Waals surface area (Å²) in [6.07, 6.45) is 3.12. The van der Waals surface area contributed by atoms with Gasteiger partial charge < -0.3 is 9.80 Å². The van der Waals surface area contributed by atoms with Crippen molar-refractivity contribution in [3.05, 3.63) is 16.4 Å². The van der Waals surface area contributed by atoms with Crippen molar-refractivity contribution in [2.24, 2.45) is 5.92 Å². The predicted molar refractivity (Wildman–Crippen MR) is 75.7 cm³/mol. The van der Waals surface area contributed by atoms with Gasteiger partial charge in [-0.25, -0.2) is 4.98 Å². The molecule has 0 spiro atoms. The Hall–Kier alpha value is -1.07. The number of amides is 1. The van der Waals surface area contributed by atoms with Gasteiger partial charge in [-0.05, 0) is 12.8 Å². The summed E-state index contributed by atoms with van der Waals surface area (Å²) in [5.74, 6) is 0.855. The van der Waals surface area contributed by atoms with E-state index in [1.807, 2.05) is 4.90 Å². The highest BCUT2D eigenvalue weighted by Crippen LogP contribution is 2.25. The van der Waals surface area contributed by atoms with Gasteiger partial charge in [-0.15, -0.1) is 0 Å². The number of halogens is 2. The maximum absolute atomic E-state index is 11.9. The van der Waals surface area contributed by atoms with Gasteiger partial charge in [-0.2, -0.15) is 4.98 Å². The van der Waals surface area contributed by atoms with Crippen LogP contribution in [-0.2, 0) is 4.79 Å². The molecule has 2 rings (SSSR count). The number of carbonyl (C=O) groups excluding carboxylic acids is 1. The Morgan fingerprint density at radius 2 is 2.00 bits per heavy atom. The Labute approximate surface area is 122 Å². The Morgan fingerprint density at radius 3 is 2.53 bits per heavy atom.